The lowest BCUT2D eigenvalue weighted by Gasteiger charge is -2.16. The molecule has 0 heterocycles. The third-order valence-corrected chi connectivity index (χ3v) is 3.39. The number of halogens is 1. The molecule has 0 aromatic heterocycles. The van der Waals surface area contributed by atoms with Gasteiger partial charge < -0.3 is 0 Å². The summed E-state index contributed by atoms with van der Waals surface area (Å²) in [5, 5.41) is 0. The minimum atomic E-state index is 0.202. The molecule has 0 aliphatic rings. The molecule has 17 heavy (non-hydrogen) atoms. The van der Waals surface area contributed by atoms with Crippen molar-refractivity contribution in [3.05, 3.63) is 33.4 Å². The molecule has 0 atom stereocenters. The first-order valence-corrected chi connectivity index (χ1v) is 7.04. The summed E-state index contributed by atoms with van der Waals surface area (Å²) in [4.78, 5) is 14.1. The molecule has 0 aliphatic heterocycles. The van der Waals surface area contributed by atoms with E-state index in [1.165, 1.54) is 0 Å². The van der Waals surface area contributed by atoms with Crippen molar-refractivity contribution < 1.29 is 4.79 Å². The third-order valence-electron chi connectivity index (χ3n) is 2.67. The first-order valence-electron chi connectivity index (χ1n) is 5.96. The Balaban J connectivity index is 2.46. The van der Waals surface area contributed by atoms with Crippen LogP contribution in [0.5, 0.6) is 0 Å². The van der Waals surface area contributed by atoms with Crippen LogP contribution in [0.15, 0.2) is 24.3 Å². The summed E-state index contributed by atoms with van der Waals surface area (Å²) < 4.78 is 1.16. The van der Waals surface area contributed by atoms with Crippen molar-refractivity contribution in [3.8, 4) is 0 Å². The maximum absolute atomic E-state index is 12.0. The minimum Gasteiger partial charge on any atom is -0.299 e. The highest BCUT2D eigenvalue weighted by Gasteiger charge is 2.09. The second-order valence-corrected chi connectivity index (χ2v) is 6.10. The summed E-state index contributed by atoms with van der Waals surface area (Å²) in [7, 11) is 2.01. The Hall–Kier alpha value is -0.420. The lowest BCUT2D eigenvalue weighted by Crippen LogP contribution is -2.27. The van der Waals surface area contributed by atoms with Crippen LogP contribution in [0.25, 0.3) is 0 Å². The van der Waals surface area contributed by atoms with Gasteiger partial charge >= 0.3 is 0 Å². The number of hydrogen-bond donors (Lipinski definition) is 0. The standard InChI is InChI=1S/C14H20INO/c1-11(2)8-9-16(3)10-14(17)12-4-6-13(15)7-5-12/h4-7,11H,8-10H2,1-3H3. The number of rotatable bonds is 6. The summed E-state index contributed by atoms with van der Waals surface area (Å²) in [6, 6.07) is 7.75. The van der Waals surface area contributed by atoms with Crippen LogP contribution in [-0.4, -0.2) is 30.8 Å². The molecule has 0 fully saturated rings. The average Bonchev–Trinajstić information content (AvgIpc) is 2.27. The lowest BCUT2D eigenvalue weighted by molar-refractivity contribution is 0.0944. The zero-order valence-electron chi connectivity index (χ0n) is 10.7. The number of Topliss-reactive ketones (excluding diaryl/α,β-unsaturated/α-hetero) is 1. The Kier molecular flexibility index (Phi) is 6.12. The van der Waals surface area contributed by atoms with E-state index < -0.39 is 0 Å². The molecule has 0 saturated carbocycles. The number of likely N-dealkylation sites (N-methyl/N-ethyl adjacent to an activating group) is 1. The van der Waals surface area contributed by atoms with E-state index in [0.717, 1.165) is 22.1 Å². The van der Waals surface area contributed by atoms with E-state index in [1.54, 1.807) is 0 Å². The van der Waals surface area contributed by atoms with Crippen LogP contribution < -0.4 is 0 Å². The number of nitrogens with zero attached hydrogens (tertiary/aromatic N) is 1. The average molecular weight is 345 g/mol. The molecule has 0 amide bonds. The molecule has 1 rings (SSSR count). The second kappa shape index (κ2) is 7.11. The largest absolute Gasteiger partial charge is 0.299 e. The van der Waals surface area contributed by atoms with Gasteiger partial charge in [-0.2, -0.15) is 0 Å². The van der Waals surface area contributed by atoms with Gasteiger partial charge in [0.25, 0.3) is 0 Å². The van der Waals surface area contributed by atoms with Crippen molar-refractivity contribution >= 4 is 28.4 Å². The van der Waals surface area contributed by atoms with Crippen LogP contribution in [0, 0.1) is 9.49 Å². The van der Waals surface area contributed by atoms with Crippen molar-refractivity contribution in [3.63, 3.8) is 0 Å². The van der Waals surface area contributed by atoms with E-state index >= 15 is 0 Å². The Morgan fingerprint density at radius 3 is 2.41 bits per heavy atom. The molecule has 1 aromatic rings. The van der Waals surface area contributed by atoms with Crippen LogP contribution in [0.1, 0.15) is 30.6 Å². The zero-order chi connectivity index (χ0) is 12.8. The fourth-order valence-electron chi connectivity index (χ4n) is 1.53. The van der Waals surface area contributed by atoms with E-state index in [9.17, 15) is 4.79 Å². The topological polar surface area (TPSA) is 20.3 Å². The van der Waals surface area contributed by atoms with Gasteiger partial charge in [-0.05, 0) is 60.7 Å². The van der Waals surface area contributed by atoms with Crippen LogP contribution in [0.2, 0.25) is 0 Å². The summed E-state index contributed by atoms with van der Waals surface area (Å²) in [5.74, 6) is 0.888. The molecule has 0 N–H and O–H groups in total. The molecular formula is C14H20INO. The number of ketones is 1. The van der Waals surface area contributed by atoms with Crippen molar-refractivity contribution in [1.29, 1.82) is 0 Å². The van der Waals surface area contributed by atoms with Crippen LogP contribution in [-0.2, 0) is 0 Å². The number of carbonyl (C=O) groups excluding carboxylic acids is 1. The Bertz CT molecular complexity index is 359. The summed E-state index contributed by atoms with van der Waals surface area (Å²) in [5.41, 5.74) is 0.807. The molecule has 0 bridgehead atoms. The zero-order valence-corrected chi connectivity index (χ0v) is 12.9. The highest BCUT2D eigenvalue weighted by atomic mass is 127. The first-order chi connectivity index (χ1) is 7.99. The SMILES string of the molecule is CC(C)CCN(C)CC(=O)c1ccc(I)cc1. The van der Waals surface area contributed by atoms with Gasteiger partial charge in [0.05, 0.1) is 6.54 Å². The number of hydrogen-bond acceptors (Lipinski definition) is 2. The molecule has 0 saturated heterocycles. The lowest BCUT2D eigenvalue weighted by atomic mass is 10.1. The van der Waals surface area contributed by atoms with E-state index in [-0.39, 0.29) is 5.78 Å². The van der Waals surface area contributed by atoms with Gasteiger partial charge in [-0.25, -0.2) is 0 Å². The summed E-state index contributed by atoms with van der Waals surface area (Å²) in [6.45, 7) is 5.89. The van der Waals surface area contributed by atoms with Gasteiger partial charge in [0.1, 0.15) is 0 Å². The third kappa shape index (κ3) is 5.64. The normalized spacial score (nSPS) is 11.2. The van der Waals surface area contributed by atoms with Gasteiger partial charge in [-0.15, -0.1) is 0 Å². The fraction of sp³-hybridized carbons (Fsp3) is 0.500. The predicted octanol–water partition coefficient (Wildman–Crippen LogP) is 3.45. The Morgan fingerprint density at radius 1 is 1.29 bits per heavy atom. The van der Waals surface area contributed by atoms with Crippen molar-refractivity contribution in [2.24, 2.45) is 5.92 Å². The van der Waals surface area contributed by atoms with E-state index in [0.29, 0.717) is 12.5 Å². The minimum absolute atomic E-state index is 0.202. The molecule has 3 heteroatoms. The summed E-state index contributed by atoms with van der Waals surface area (Å²) >= 11 is 2.24. The highest BCUT2D eigenvalue weighted by Crippen LogP contribution is 2.08. The van der Waals surface area contributed by atoms with Gasteiger partial charge in [-0.3, -0.25) is 9.69 Å². The summed E-state index contributed by atoms with van der Waals surface area (Å²) in [6.07, 6.45) is 1.14. The first kappa shape index (κ1) is 14.6. The maximum atomic E-state index is 12.0. The second-order valence-electron chi connectivity index (χ2n) is 4.85. The quantitative estimate of drug-likeness (QED) is 0.581. The smallest absolute Gasteiger partial charge is 0.176 e. The van der Waals surface area contributed by atoms with Crippen molar-refractivity contribution in [2.45, 2.75) is 20.3 Å². The van der Waals surface area contributed by atoms with Crippen LogP contribution >= 0.6 is 22.6 Å². The molecule has 2 nitrogen and oxygen atoms in total. The fourth-order valence-corrected chi connectivity index (χ4v) is 1.89. The van der Waals surface area contributed by atoms with E-state index in [4.69, 9.17) is 0 Å². The maximum Gasteiger partial charge on any atom is 0.176 e. The van der Waals surface area contributed by atoms with Gasteiger partial charge in [0.2, 0.25) is 0 Å². The van der Waals surface area contributed by atoms with Crippen LogP contribution in [0.3, 0.4) is 0 Å². The van der Waals surface area contributed by atoms with Crippen molar-refractivity contribution in [1.82, 2.24) is 4.90 Å². The molecular weight excluding hydrogens is 325 g/mol. The van der Waals surface area contributed by atoms with Gasteiger partial charge in [0.15, 0.2) is 5.78 Å². The Morgan fingerprint density at radius 2 is 1.88 bits per heavy atom. The molecule has 0 radical (unpaired) electrons. The Labute approximate surface area is 118 Å². The highest BCUT2D eigenvalue weighted by molar-refractivity contribution is 14.1. The molecule has 0 unspecified atom stereocenters. The number of benzene rings is 1. The molecule has 0 spiro atoms. The molecule has 1 aromatic carbocycles. The van der Waals surface area contributed by atoms with E-state index in [2.05, 4.69) is 41.3 Å². The predicted molar refractivity (Wildman–Crippen MR) is 80.4 cm³/mol. The molecule has 0 aliphatic carbocycles. The van der Waals surface area contributed by atoms with Gasteiger partial charge in [-0.1, -0.05) is 26.0 Å². The molecule has 94 valence electrons. The van der Waals surface area contributed by atoms with E-state index in [1.807, 2.05) is 31.3 Å². The monoisotopic (exact) mass is 345 g/mol. The van der Waals surface area contributed by atoms with Crippen LogP contribution in [0.4, 0.5) is 0 Å². The number of carbonyl (C=O) groups is 1. The van der Waals surface area contributed by atoms with Crippen molar-refractivity contribution in [2.75, 3.05) is 20.1 Å². The van der Waals surface area contributed by atoms with Gasteiger partial charge in [0, 0.05) is 9.13 Å².